The average Bonchev–Trinajstić information content (AvgIpc) is 2.67. The van der Waals surface area contributed by atoms with Crippen molar-refractivity contribution in [1.82, 2.24) is 4.98 Å². The van der Waals surface area contributed by atoms with Gasteiger partial charge in [-0.3, -0.25) is 4.72 Å². The molecule has 0 aliphatic heterocycles. The second-order valence-corrected chi connectivity index (χ2v) is 8.10. The van der Waals surface area contributed by atoms with Crippen LogP contribution in [-0.2, 0) is 23.1 Å². The molecule has 5 nitrogen and oxygen atoms in total. The zero-order chi connectivity index (χ0) is 20.9. The number of hydrogen-bond acceptors (Lipinski definition) is 4. The predicted octanol–water partition coefficient (Wildman–Crippen LogP) is 4.69. The number of halogens is 2. The molecule has 0 bridgehead atoms. The summed E-state index contributed by atoms with van der Waals surface area (Å²) in [4.78, 5) is 4.12. The fourth-order valence-electron chi connectivity index (χ4n) is 2.75. The minimum absolute atomic E-state index is 0.0120. The average molecular weight is 418 g/mol. The highest BCUT2D eigenvalue weighted by atomic mass is 32.2. The van der Waals surface area contributed by atoms with E-state index in [-0.39, 0.29) is 28.6 Å². The minimum Gasteiger partial charge on any atom is -0.485 e. The highest BCUT2D eigenvalue weighted by Gasteiger charge is 2.17. The summed E-state index contributed by atoms with van der Waals surface area (Å²) in [7, 11) is -3.88. The van der Waals surface area contributed by atoms with Crippen molar-refractivity contribution in [2.75, 3.05) is 4.72 Å². The van der Waals surface area contributed by atoms with Gasteiger partial charge in [-0.1, -0.05) is 25.5 Å². The minimum atomic E-state index is -3.88. The molecule has 3 rings (SSSR count). The third-order valence-electron chi connectivity index (χ3n) is 4.09. The lowest BCUT2D eigenvalue weighted by Gasteiger charge is -2.13. The van der Waals surface area contributed by atoms with Crippen molar-refractivity contribution in [2.24, 2.45) is 0 Å². The Labute approximate surface area is 168 Å². The Morgan fingerprint density at radius 2 is 1.69 bits per heavy atom. The highest BCUT2D eigenvalue weighted by molar-refractivity contribution is 7.92. The summed E-state index contributed by atoms with van der Waals surface area (Å²) in [6.07, 6.45) is 3.25. The van der Waals surface area contributed by atoms with Gasteiger partial charge in [-0.2, -0.15) is 0 Å². The molecule has 0 aliphatic carbocycles. The quantitative estimate of drug-likeness (QED) is 0.576. The van der Waals surface area contributed by atoms with Crippen molar-refractivity contribution in [1.29, 1.82) is 0 Å². The summed E-state index contributed by atoms with van der Waals surface area (Å²) in [5, 5.41) is 0. The molecule has 0 unspecified atom stereocenters. The summed E-state index contributed by atoms with van der Waals surface area (Å²) in [6.45, 7) is 1.90. The van der Waals surface area contributed by atoms with Gasteiger partial charge in [0.1, 0.15) is 18.2 Å². The molecule has 0 fully saturated rings. The van der Waals surface area contributed by atoms with Crippen molar-refractivity contribution in [3.05, 3.63) is 83.6 Å². The maximum atomic E-state index is 13.3. The maximum Gasteiger partial charge on any atom is 0.263 e. The van der Waals surface area contributed by atoms with Crippen molar-refractivity contribution in [3.8, 4) is 5.75 Å². The van der Waals surface area contributed by atoms with E-state index < -0.39 is 21.7 Å². The highest BCUT2D eigenvalue weighted by Crippen LogP contribution is 2.25. The van der Waals surface area contributed by atoms with E-state index in [9.17, 15) is 17.2 Å². The SMILES string of the molecule is CCCc1ccc(S(=O)(=O)Nc2ncccc2OCc2cc(F)cc(F)c2)cc1. The Hall–Kier alpha value is -3.00. The lowest BCUT2D eigenvalue weighted by molar-refractivity contribution is 0.305. The van der Waals surface area contributed by atoms with Crippen molar-refractivity contribution < 1.29 is 21.9 Å². The lowest BCUT2D eigenvalue weighted by atomic mass is 10.1. The summed E-state index contributed by atoms with van der Waals surface area (Å²) in [5.74, 6) is -1.31. The van der Waals surface area contributed by atoms with E-state index in [0.717, 1.165) is 36.6 Å². The number of rotatable bonds is 8. The van der Waals surface area contributed by atoms with E-state index >= 15 is 0 Å². The molecule has 1 aromatic heterocycles. The Morgan fingerprint density at radius 1 is 1.00 bits per heavy atom. The normalized spacial score (nSPS) is 11.3. The van der Waals surface area contributed by atoms with Crippen LogP contribution in [0.2, 0.25) is 0 Å². The molecule has 8 heteroatoms. The van der Waals surface area contributed by atoms with Gasteiger partial charge in [0.15, 0.2) is 11.6 Å². The molecule has 0 saturated carbocycles. The van der Waals surface area contributed by atoms with Crippen LogP contribution >= 0.6 is 0 Å². The van der Waals surface area contributed by atoms with Crippen molar-refractivity contribution in [2.45, 2.75) is 31.3 Å². The van der Waals surface area contributed by atoms with E-state index in [1.165, 1.54) is 24.4 Å². The predicted molar refractivity (Wildman–Crippen MR) is 106 cm³/mol. The van der Waals surface area contributed by atoms with Gasteiger partial charge in [-0.25, -0.2) is 22.2 Å². The van der Waals surface area contributed by atoms with Crippen LogP contribution < -0.4 is 9.46 Å². The van der Waals surface area contributed by atoms with Gasteiger partial charge >= 0.3 is 0 Å². The van der Waals surface area contributed by atoms with Gasteiger partial charge in [0.25, 0.3) is 10.0 Å². The molecule has 0 radical (unpaired) electrons. The number of anilines is 1. The maximum absolute atomic E-state index is 13.3. The van der Waals surface area contributed by atoms with E-state index in [0.29, 0.717) is 0 Å². The zero-order valence-electron chi connectivity index (χ0n) is 15.7. The molecule has 29 heavy (non-hydrogen) atoms. The molecule has 0 atom stereocenters. The first-order valence-electron chi connectivity index (χ1n) is 9.02. The molecule has 0 aliphatic rings. The van der Waals surface area contributed by atoms with Crippen LogP contribution in [-0.4, -0.2) is 13.4 Å². The summed E-state index contributed by atoms with van der Waals surface area (Å²) >= 11 is 0. The van der Waals surface area contributed by atoms with Crippen LogP contribution in [0.3, 0.4) is 0 Å². The van der Waals surface area contributed by atoms with Gasteiger partial charge in [0.2, 0.25) is 0 Å². The molecule has 3 aromatic rings. The molecule has 0 amide bonds. The van der Waals surface area contributed by atoms with Crippen molar-refractivity contribution in [3.63, 3.8) is 0 Å². The number of sulfonamides is 1. The molecule has 2 aromatic carbocycles. The third kappa shape index (κ3) is 5.51. The van der Waals surface area contributed by atoms with Crippen LogP contribution in [0.15, 0.2) is 65.7 Å². The van der Waals surface area contributed by atoms with Gasteiger partial charge in [0, 0.05) is 12.3 Å². The molecular formula is C21H20F2N2O3S. The molecule has 0 spiro atoms. The van der Waals surface area contributed by atoms with E-state index in [2.05, 4.69) is 9.71 Å². The van der Waals surface area contributed by atoms with E-state index in [4.69, 9.17) is 4.74 Å². The number of aryl methyl sites for hydroxylation is 1. The summed E-state index contributed by atoms with van der Waals surface area (Å²) < 4.78 is 59.9. The zero-order valence-corrected chi connectivity index (χ0v) is 16.5. The third-order valence-corrected chi connectivity index (χ3v) is 5.45. The first-order valence-corrected chi connectivity index (χ1v) is 10.5. The Kier molecular flexibility index (Phi) is 6.43. The van der Waals surface area contributed by atoms with Crippen LogP contribution in [0.25, 0.3) is 0 Å². The Morgan fingerprint density at radius 3 is 2.34 bits per heavy atom. The molecular weight excluding hydrogens is 398 g/mol. The van der Waals surface area contributed by atoms with Crippen LogP contribution in [0.1, 0.15) is 24.5 Å². The molecule has 1 N–H and O–H groups in total. The molecule has 152 valence electrons. The van der Waals surface area contributed by atoms with Crippen LogP contribution in [0, 0.1) is 11.6 Å². The fourth-order valence-corrected chi connectivity index (χ4v) is 3.77. The van der Waals surface area contributed by atoms with Gasteiger partial charge < -0.3 is 4.74 Å². The number of nitrogens with one attached hydrogen (secondary N) is 1. The smallest absolute Gasteiger partial charge is 0.263 e. The number of aromatic nitrogens is 1. The van der Waals surface area contributed by atoms with E-state index in [1.54, 1.807) is 18.2 Å². The molecule has 0 saturated heterocycles. The second-order valence-electron chi connectivity index (χ2n) is 6.42. The number of pyridine rings is 1. The Bertz CT molecular complexity index is 1070. The molecule has 1 heterocycles. The first-order chi connectivity index (χ1) is 13.9. The van der Waals surface area contributed by atoms with Crippen LogP contribution in [0.4, 0.5) is 14.6 Å². The standard InChI is InChI=1S/C21H20F2N2O3S/c1-2-4-15-6-8-19(9-7-15)29(26,27)25-21-20(5-3-10-24-21)28-14-16-11-17(22)13-18(23)12-16/h3,5-13H,2,4,14H2,1H3,(H,24,25). The number of hydrogen-bond donors (Lipinski definition) is 1. The Balaban J connectivity index is 1.77. The summed E-state index contributed by atoms with van der Waals surface area (Å²) in [5.41, 5.74) is 1.32. The van der Waals surface area contributed by atoms with Crippen molar-refractivity contribution >= 4 is 15.8 Å². The van der Waals surface area contributed by atoms with Gasteiger partial charge in [0.05, 0.1) is 4.90 Å². The number of benzene rings is 2. The topological polar surface area (TPSA) is 68.3 Å². The van der Waals surface area contributed by atoms with Gasteiger partial charge in [-0.05, 0) is 53.9 Å². The first kappa shape index (κ1) is 20.7. The fraction of sp³-hybridized carbons (Fsp3) is 0.190. The van der Waals surface area contributed by atoms with Crippen LogP contribution in [0.5, 0.6) is 5.75 Å². The lowest BCUT2D eigenvalue weighted by Crippen LogP contribution is -2.15. The number of ether oxygens (including phenoxy) is 1. The number of nitrogens with zero attached hydrogens (tertiary/aromatic N) is 1. The van der Waals surface area contributed by atoms with E-state index in [1.807, 2.05) is 6.92 Å². The summed E-state index contributed by atoms with van der Waals surface area (Å²) in [6, 6.07) is 12.7. The largest absolute Gasteiger partial charge is 0.485 e. The second kappa shape index (κ2) is 9.00. The van der Waals surface area contributed by atoms with Gasteiger partial charge in [-0.15, -0.1) is 0 Å². The monoisotopic (exact) mass is 418 g/mol.